The van der Waals surface area contributed by atoms with Crippen LogP contribution in [0.2, 0.25) is 0 Å². The Balaban J connectivity index is 1.81. The lowest BCUT2D eigenvalue weighted by atomic mass is 10.1. The van der Waals surface area contributed by atoms with E-state index in [9.17, 15) is 0 Å². The molecule has 100 valence electrons. The third-order valence-electron chi connectivity index (χ3n) is 3.91. The molecule has 1 unspecified atom stereocenters. The number of ether oxygens (including phenoxy) is 1. The Kier molecular flexibility index (Phi) is 6.12. The normalized spacial score (nSPS) is 26.8. The van der Waals surface area contributed by atoms with Crippen LogP contribution in [-0.2, 0) is 4.74 Å². The molecule has 2 aliphatic rings. The van der Waals surface area contributed by atoms with Crippen molar-refractivity contribution in [3.63, 3.8) is 0 Å². The molecule has 0 aromatic carbocycles. The van der Waals surface area contributed by atoms with E-state index >= 15 is 0 Å². The molecule has 2 rings (SSSR count). The number of hydrogen-bond acceptors (Lipinski definition) is 4. The molecule has 2 heterocycles. The summed E-state index contributed by atoms with van der Waals surface area (Å²) in [5.41, 5.74) is 0. The molecule has 1 atom stereocenters. The monoisotopic (exact) mass is 258 g/mol. The van der Waals surface area contributed by atoms with Gasteiger partial charge in [-0.3, -0.25) is 4.90 Å². The van der Waals surface area contributed by atoms with Gasteiger partial charge in [-0.1, -0.05) is 0 Å². The predicted molar refractivity (Wildman–Crippen MR) is 74.8 cm³/mol. The van der Waals surface area contributed by atoms with E-state index in [2.05, 4.69) is 22.0 Å². The number of rotatable bonds is 6. The third-order valence-corrected chi connectivity index (χ3v) is 4.96. The first-order valence-electron chi connectivity index (χ1n) is 6.94. The maximum atomic E-state index is 5.26. The molecule has 0 bridgehead atoms. The van der Waals surface area contributed by atoms with Crippen LogP contribution in [-0.4, -0.2) is 61.8 Å². The molecule has 0 saturated carbocycles. The number of nitrogens with one attached hydrogen (secondary N) is 1. The van der Waals surface area contributed by atoms with Crippen LogP contribution < -0.4 is 5.32 Å². The van der Waals surface area contributed by atoms with Crippen LogP contribution in [0.25, 0.3) is 0 Å². The number of nitrogens with zero attached hydrogens (tertiary/aromatic N) is 1. The van der Waals surface area contributed by atoms with Gasteiger partial charge in [0.05, 0.1) is 6.61 Å². The molecule has 17 heavy (non-hydrogen) atoms. The van der Waals surface area contributed by atoms with Gasteiger partial charge < -0.3 is 10.1 Å². The Hall–Kier alpha value is 0.230. The minimum absolute atomic E-state index is 0.724. The second-order valence-corrected chi connectivity index (χ2v) is 6.35. The number of hydrogen-bond donors (Lipinski definition) is 1. The Morgan fingerprint density at radius 1 is 1.29 bits per heavy atom. The Morgan fingerprint density at radius 2 is 2.12 bits per heavy atom. The zero-order chi connectivity index (χ0) is 11.9. The van der Waals surface area contributed by atoms with Crippen molar-refractivity contribution in [3.8, 4) is 0 Å². The molecule has 0 radical (unpaired) electrons. The summed E-state index contributed by atoms with van der Waals surface area (Å²) >= 11 is 2.11. The highest BCUT2D eigenvalue weighted by Gasteiger charge is 2.24. The van der Waals surface area contributed by atoms with Crippen molar-refractivity contribution < 1.29 is 4.74 Å². The Morgan fingerprint density at radius 3 is 2.76 bits per heavy atom. The van der Waals surface area contributed by atoms with E-state index < -0.39 is 0 Å². The molecular formula is C13H26N2OS. The van der Waals surface area contributed by atoms with Crippen molar-refractivity contribution in [3.05, 3.63) is 0 Å². The molecule has 2 aliphatic heterocycles. The molecule has 0 amide bonds. The second-order valence-electron chi connectivity index (χ2n) is 5.12. The van der Waals surface area contributed by atoms with E-state index in [0.717, 1.165) is 25.2 Å². The molecule has 3 nitrogen and oxygen atoms in total. The molecule has 0 aromatic heterocycles. The van der Waals surface area contributed by atoms with Gasteiger partial charge in [0.25, 0.3) is 0 Å². The van der Waals surface area contributed by atoms with Gasteiger partial charge in [0.15, 0.2) is 0 Å². The van der Waals surface area contributed by atoms with Crippen molar-refractivity contribution in [2.45, 2.75) is 37.8 Å². The standard InChI is InChI=1S/C13H26N2OS/c1-16-8-7-15(11-12-3-2-6-14-12)13-4-9-17-10-5-13/h12-14H,2-11H2,1H3. The first-order chi connectivity index (χ1) is 8.40. The smallest absolute Gasteiger partial charge is 0.0589 e. The van der Waals surface area contributed by atoms with Gasteiger partial charge in [0.1, 0.15) is 0 Å². The lowest BCUT2D eigenvalue weighted by Crippen LogP contribution is -2.46. The highest BCUT2D eigenvalue weighted by molar-refractivity contribution is 7.99. The summed E-state index contributed by atoms with van der Waals surface area (Å²) in [4.78, 5) is 2.67. The lowest BCUT2D eigenvalue weighted by molar-refractivity contribution is 0.108. The summed E-state index contributed by atoms with van der Waals surface area (Å²) in [7, 11) is 1.81. The van der Waals surface area contributed by atoms with Crippen LogP contribution in [0.1, 0.15) is 25.7 Å². The number of thioether (sulfide) groups is 1. The van der Waals surface area contributed by atoms with E-state index in [0.29, 0.717) is 0 Å². The number of methoxy groups -OCH3 is 1. The summed E-state index contributed by atoms with van der Waals surface area (Å²) in [5, 5.41) is 3.61. The minimum atomic E-state index is 0.724. The molecule has 0 aliphatic carbocycles. The van der Waals surface area contributed by atoms with E-state index in [1.54, 1.807) is 0 Å². The highest BCUT2D eigenvalue weighted by Crippen LogP contribution is 2.22. The van der Waals surface area contributed by atoms with Gasteiger partial charge in [0, 0.05) is 32.3 Å². The zero-order valence-electron chi connectivity index (χ0n) is 11.0. The summed E-state index contributed by atoms with van der Waals surface area (Å²) < 4.78 is 5.26. The maximum absolute atomic E-state index is 5.26. The molecular weight excluding hydrogens is 232 g/mol. The molecule has 1 N–H and O–H groups in total. The van der Waals surface area contributed by atoms with E-state index in [1.165, 1.54) is 50.3 Å². The van der Waals surface area contributed by atoms with Crippen molar-refractivity contribution in [2.24, 2.45) is 0 Å². The van der Waals surface area contributed by atoms with Crippen LogP contribution in [0.5, 0.6) is 0 Å². The zero-order valence-corrected chi connectivity index (χ0v) is 11.8. The molecule has 2 saturated heterocycles. The quantitative estimate of drug-likeness (QED) is 0.782. The van der Waals surface area contributed by atoms with Gasteiger partial charge in [-0.2, -0.15) is 11.8 Å². The van der Waals surface area contributed by atoms with Gasteiger partial charge >= 0.3 is 0 Å². The molecule has 2 fully saturated rings. The Bertz CT molecular complexity index is 204. The predicted octanol–water partition coefficient (Wildman–Crippen LogP) is 1.58. The van der Waals surface area contributed by atoms with Crippen LogP contribution in [0.15, 0.2) is 0 Å². The van der Waals surface area contributed by atoms with E-state index in [4.69, 9.17) is 4.74 Å². The fourth-order valence-corrected chi connectivity index (χ4v) is 3.96. The van der Waals surface area contributed by atoms with E-state index in [1.807, 2.05) is 7.11 Å². The third kappa shape index (κ3) is 4.43. The lowest BCUT2D eigenvalue weighted by Gasteiger charge is -2.35. The minimum Gasteiger partial charge on any atom is -0.383 e. The first-order valence-corrected chi connectivity index (χ1v) is 8.09. The summed E-state index contributed by atoms with van der Waals surface area (Å²) in [5.74, 6) is 2.68. The van der Waals surface area contributed by atoms with Crippen molar-refractivity contribution >= 4 is 11.8 Å². The van der Waals surface area contributed by atoms with Gasteiger partial charge in [-0.05, 0) is 43.7 Å². The van der Waals surface area contributed by atoms with Crippen molar-refractivity contribution in [2.75, 3.05) is 44.9 Å². The molecule has 0 aromatic rings. The summed E-state index contributed by atoms with van der Waals surface area (Å²) in [6.45, 7) is 4.41. The largest absolute Gasteiger partial charge is 0.383 e. The average Bonchev–Trinajstić information content (AvgIpc) is 2.88. The maximum Gasteiger partial charge on any atom is 0.0589 e. The second kappa shape index (κ2) is 7.62. The highest BCUT2D eigenvalue weighted by atomic mass is 32.2. The summed E-state index contributed by atoms with van der Waals surface area (Å²) in [6, 6.07) is 1.52. The van der Waals surface area contributed by atoms with Crippen LogP contribution in [0.4, 0.5) is 0 Å². The Labute approximate surface area is 110 Å². The van der Waals surface area contributed by atoms with Gasteiger partial charge in [-0.15, -0.1) is 0 Å². The average molecular weight is 258 g/mol. The SMILES string of the molecule is COCCN(CC1CCCN1)C1CCSCC1. The fraction of sp³-hybridized carbons (Fsp3) is 1.00. The van der Waals surface area contributed by atoms with Gasteiger partial charge in [-0.25, -0.2) is 0 Å². The van der Waals surface area contributed by atoms with Crippen LogP contribution in [0.3, 0.4) is 0 Å². The van der Waals surface area contributed by atoms with Crippen LogP contribution in [0, 0.1) is 0 Å². The van der Waals surface area contributed by atoms with Crippen molar-refractivity contribution in [1.29, 1.82) is 0 Å². The first kappa shape index (κ1) is 13.7. The topological polar surface area (TPSA) is 24.5 Å². The molecule has 4 heteroatoms. The van der Waals surface area contributed by atoms with Crippen molar-refractivity contribution in [1.82, 2.24) is 10.2 Å². The fourth-order valence-electron chi connectivity index (χ4n) is 2.88. The van der Waals surface area contributed by atoms with Crippen LogP contribution >= 0.6 is 11.8 Å². The van der Waals surface area contributed by atoms with Gasteiger partial charge in [0.2, 0.25) is 0 Å². The van der Waals surface area contributed by atoms with E-state index in [-0.39, 0.29) is 0 Å². The summed E-state index contributed by atoms with van der Waals surface area (Å²) in [6.07, 6.45) is 5.43. The molecule has 0 spiro atoms.